The summed E-state index contributed by atoms with van der Waals surface area (Å²) in [5, 5.41) is 3.43. The van der Waals surface area contributed by atoms with E-state index >= 15 is 0 Å². The fourth-order valence-electron chi connectivity index (χ4n) is 1.75. The van der Waals surface area contributed by atoms with Crippen molar-refractivity contribution < 1.29 is 0 Å². The first-order valence-corrected chi connectivity index (χ1v) is 4.17. The van der Waals surface area contributed by atoms with E-state index in [0.29, 0.717) is 6.04 Å². The number of hydrogen-bond acceptors (Lipinski definition) is 1. The van der Waals surface area contributed by atoms with Gasteiger partial charge in [-0.2, -0.15) is 0 Å². The average Bonchev–Trinajstić information content (AvgIpc) is 2.31. The lowest BCUT2D eigenvalue weighted by Gasteiger charge is -2.22. The maximum Gasteiger partial charge on any atom is 0.0446 e. The molecule has 1 aromatic rings. The third-order valence-corrected chi connectivity index (χ3v) is 2.31. The van der Waals surface area contributed by atoms with E-state index in [1.807, 2.05) is 0 Å². The molecule has 0 saturated heterocycles. The Labute approximate surface area is 67.2 Å². The van der Waals surface area contributed by atoms with Crippen molar-refractivity contribution in [2.75, 3.05) is 6.54 Å². The Morgan fingerprint density at radius 3 is 3.18 bits per heavy atom. The molecular formula is C9H14N2. The highest BCUT2D eigenvalue weighted by atomic mass is 15.1. The first kappa shape index (κ1) is 6.92. The van der Waals surface area contributed by atoms with Gasteiger partial charge in [-0.15, -0.1) is 0 Å². The van der Waals surface area contributed by atoms with Gasteiger partial charge in [0, 0.05) is 31.0 Å². The summed E-state index contributed by atoms with van der Waals surface area (Å²) in [7, 11) is 0. The van der Waals surface area contributed by atoms with E-state index in [-0.39, 0.29) is 0 Å². The molecule has 0 amide bonds. The largest absolute Gasteiger partial charge is 0.348 e. The molecule has 0 aliphatic carbocycles. The molecule has 60 valence electrons. The molecule has 1 N–H and O–H groups in total. The molecule has 1 aliphatic heterocycles. The lowest BCUT2D eigenvalue weighted by atomic mass is 10.2. The molecule has 11 heavy (non-hydrogen) atoms. The van der Waals surface area contributed by atoms with E-state index in [9.17, 15) is 0 Å². The summed E-state index contributed by atoms with van der Waals surface area (Å²) in [4.78, 5) is 0. The second-order valence-electron chi connectivity index (χ2n) is 3.31. The standard InChI is InChI=1S/C9H14N2/c1-7-5-9-8(2)10-3-4-11(9)6-7/h5-6,8,10H,3-4H2,1-2H3/t8-/m0/s1. The zero-order chi connectivity index (χ0) is 7.84. The van der Waals surface area contributed by atoms with Gasteiger partial charge in [-0.05, 0) is 25.5 Å². The van der Waals surface area contributed by atoms with Gasteiger partial charge in [0.05, 0.1) is 0 Å². The highest BCUT2D eigenvalue weighted by Crippen LogP contribution is 2.18. The van der Waals surface area contributed by atoms with Crippen molar-refractivity contribution in [1.29, 1.82) is 0 Å². The quantitative estimate of drug-likeness (QED) is 0.592. The number of nitrogens with one attached hydrogen (secondary N) is 1. The normalized spacial score (nSPS) is 23.3. The Balaban J connectivity index is 2.43. The highest BCUT2D eigenvalue weighted by molar-refractivity contribution is 5.21. The summed E-state index contributed by atoms with van der Waals surface area (Å²) in [6.07, 6.45) is 2.23. The molecule has 0 unspecified atom stereocenters. The van der Waals surface area contributed by atoms with Crippen molar-refractivity contribution in [3.8, 4) is 0 Å². The van der Waals surface area contributed by atoms with E-state index < -0.39 is 0 Å². The lowest BCUT2D eigenvalue weighted by molar-refractivity contribution is 0.448. The van der Waals surface area contributed by atoms with Crippen LogP contribution in [-0.2, 0) is 6.54 Å². The molecule has 1 atom stereocenters. The molecule has 2 nitrogen and oxygen atoms in total. The molecule has 2 heterocycles. The van der Waals surface area contributed by atoms with Crippen LogP contribution >= 0.6 is 0 Å². The smallest absolute Gasteiger partial charge is 0.0446 e. The summed E-state index contributed by atoms with van der Waals surface area (Å²) in [5.41, 5.74) is 2.80. The summed E-state index contributed by atoms with van der Waals surface area (Å²) in [6.45, 7) is 6.58. The van der Waals surface area contributed by atoms with E-state index in [2.05, 4.69) is 36.0 Å². The molecule has 2 rings (SSSR count). The van der Waals surface area contributed by atoms with Gasteiger partial charge in [-0.3, -0.25) is 0 Å². The molecule has 0 fully saturated rings. The van der Waals surface area contributed by atoms with Crippen LogP contribution in [0.4, 0.5) is 0 Å². The number of rotatable bonds is 0. The molecule has 1 aromatic heterocycles. The summed E-state index contributed by atoms with van der Waals surface area (Å²) in [5.74, 6) is 0. The van der Waals surface area contributed by atoms with Crippen molar-refractivity contribution in [3.05, 3.63) is 23.5 Å². The minimum absolute atomic E-state index is 0.525. The van der Waals surface area contributed by atoms with E-state index in [1.165, 1.54) is 11.3 Å². The van der Waals surface area contributed by atoms with Crippen molar-refractivity contribution in [1.82, 2.24) is 9.88 Å². The maximum atomic E-state index is 3.43. The molecule has 0 radical (unpaired) electrons. The number of aryl methyl sites for hydroxylation is 1. The Bertz CT molecular complexity index is 263. The molecule has 1 aliphatic rings. The Morgan fingerprint density at radius 2 is 2.45 bits per heavy atom. The zero-order valence-corrected chi connectivity index (χ0v) is 7.09. The molecule has 0 spiro atoms. The van der Waals surface area contributed by atoms with Crippen LogP contribution in [0.25, 0.3) is 0 Å². The van der Waals surface area contributed by atoms with Gasteiger partial charge < -0.3 is 9.88 Å². The van der Waals surface area contributed by atoms with Crippen LogP contribution in [0.5, 0.6) is 0 Å². The zero-order valence-electron chi connectivity index (χ0n) is 7.09. The van der Waals surface area contributed by atoms with Crippen molar-refractivity contribution in [2.24, 2.45) is 0 Å². The number of hydrogen-bond donors (Lipinski definition) is 1. The predicted molar refractivity (Wildman–Crippen MR) is 45.6 cm³/mol. The fraction of sp³-hybridized carbons (Fsp3) is 0.556. The topological polar surface area (TPSA) is 17.0 Å². The third kappa shape index (κ3) is 1.07. The number of aromatic nitrogens is 1. The minimum atomic E-state index is 0.525. The van der Waals surface area contributed by atoms with Gasteiger partial charge in [0.1, 0.15) is 0 Å². The molecular weight excluding hydrogens is 136 g/mol. The highest BCUT2D eigenvalue weighted by Gasteiger charge is 2.14. The first-order valence-electron chi connectivity index (χ1n) is 4.17. The predicted octanol–water partition coefficient (Wildman–Crippen LogP) is 1.46. The van der Waals surface area contributed by atoms with Crippen LogP contribution in [0.15, 0.2) is 12.3 Å². The summed E-state index contributed by atoms with van der Waals surface area (Å²) < 4.78 is 2.34. The van der Waals surface area contributed by atoms with Crippen molar-refractivity contribution in [3.63, 3.8) is 0 Å². The van der Waals surface area contributed by atoms with E-state index in [0.717, 1.165) is 13.1 Å². The minimum Gasteiger partial charge on any atom is -0.348 e. The van der Waals surface area contributed by atoms with Crippen LogP contribution < -0.4 is 5.32 Å². The van der Waals surface area contributed by atoms with Gasteiger partial charge in [0.15, 0.2) is 0 Å². The van der Waals surface area contributed by atoms with Gasteiger partial charge >= 0.3 is 0 Å². The van der Waals surface area contributed by atoms with Crippen molar-refractivity contribution >= 4 is 0 Å². The SMILES string of the molecule is Cc1cc2n(c1)CCN[C@H]2C. The summed E-state index contributed by atoms with van der Waals surface area (Å²) in [6, 6.07) is 2.79. The van der Waals surface area contributed by atoms with Crippen LogP contribution in [0, 0.1) is 6.92 Å². The van der Waals surface area contributed by atoms with Gasteiger partial charge in [0.2, 0.25) is 0 Å². The van der Waals surface area contributed by atoms with Crippen LogP contribution in [0.2, 0.25) is 0 Å². The molecule has 0 aromatic carbocycles. The Hall–Kier alpha value is -0.760. The van der Waals surface area contributed by atoms with E-state index in [1.54, 1.807) is 0 Å². The van der Waals surface area contributed by atoms with Gasteiger partial charge in [-0.1, -0.05) is 0 Å². The van der Waals surface area contributed by atoms with Crippen LogP contribution in [-0.4, -0.2) is 11.1 Å². The van der Waals surface area contributed by atoms with Crippen molar-refractivity contribution in [2.45, 2.75) is 26.4 Å². The van der Waals surface area contributed by atoms with E-state index in [4.69, 9.17) is 0 Å². The maximum absolute atomic E-state index is 3.43. The molecule has 2 heteroatoms. The lowest BCUT2D eigenvalue weighted by Crippen LogP contribution is -2.30. The monoisotopic (exact) mass is 150 g/mol. The molecule has 0 bridgehead atoms. The van der Waals surface area contributed by atoms with Crippen LogP contribution in [0.1, 0.15) is 24.2 Å². The fourth-order valence-corrected chi connectivity index (χ4v) is 1.75. The Kier molecular flexibility index (Phi) is 1.50. The number of nitrogens with zero attached hydrogens (tertiary/aromatic N) is 1. The van der Waals surface area contributed by atoms with Gasteiger partial charge in [0.25, 0.3) is 0 Å². The Morgan fingerprint density at radius 1 is 1.64 bits per heavy atom. The number of fused-ring (bicyclic) bond motifs is 1. The first-order chi connectivity index (χ1) is 5.27. The second kappa shape index (κ2) is 2.38. The average molecular weight is 150 g/mol. The van der Waals surface area contributed by atoms with Crippen LogP contribution in [0.3, 0.4) is 0 Å². The van der Waals surface area contributed by atoms with Gasteiger partial charge in [-0.25, -0.2) is 0 Å². The summed E-state index contributed by atoms with van der Waals surface area (Å²) >= 11 is 0. The third-order valence-electron chi connectivity index (χ3n) is 2.31. The molecule has 0 saturated carbocycles. The second-order valence-corrected chi connectivity index (χ2v) is 3.31.